The van der Waals surface area contributed by atoms with Crippen molar-refractivity contribution in [2.24, 2.45) is 5.73 Å². The molecule has 0 atom stereocenters. The minimum atomic E-state index is -1.07. The van der Waals surface area contributed by atoms with E-state index in [0.29, 0.717) is 5.69 Å². The van der Waals surface area contributed by atoms with Crippen molar-refractivity contribution in [3.63, 3.8) is 0 Å². The fourth-order valence-electron chi connectivity index (χ4n) is 1.14. The van der Waals surface area contributed by atoms with Crippen LogP contribution in [0.1, 0.15) is 34.2 Å². The number of aryl methyl sites for hydroxylation is 2. The zero-order valence-corrected chi connectivity index (χ0v) is 10.6. The molecule has 88 valence electrons. The fraction of sp³-hybridized carbons (Fsp3) is 0.500. The molecule has 0 bridgehead atoms. The Labute approximate surface area is 98.1 Å². The van der Waals surface area contributed by atoms with Gasteiger partial charge in [0.25, 0.3) is 5.91 Å². The van der Waals surface area contributed by atoms with Crippen LogP contribution in [0.3, 0.4) is 0 Å². The van der Waals surface area contributed by atoms with Crippen LogP contribution in [0.2, 0.25) is 0 Å². The molecule has 5 nitrogen and oxygen atoms in total. The normalized spacial score (nSPS) is 11.2. The molecule has 0 aliphatic rings. The highest BCUT2D eigenvalue weighted by molar-refractivity contribution is 7.11. The van der Waals surface area contributed by atoms with Crippen LogP contribution in [0.25, 0.3) is 0 Å². The van der Waals surface area contributed by atoms with Crippen LogP contribution in [0.4, 0.5) is 0 Å². The van der Waals surface area contributed by atoms with Crippen molar-refractivity contribution >= 4 is 23.2 Å². The number of hydrogen-bond acceptors (Lipinski definition) is 4. The summed E-state index contributed by atoms with van der Waals surface area (Å²) >= 11 is 1.44. The minimum Gasteiger partial charge on any atom is -0.368 e. The molecule has 1 aromatic heterocycles. The van der Waals surface area contributed by atoms with E-state index in [1.165, 1.54) is 11.3 Å². The number of rotatable bonds is 3. The number of nitrogens with zero attached hydrogens (tertiary/aromatic N) is 1. The molecule has 0 saturated carbocycles. The van der Waals surface area contributed by atoms with Gasteiger partial charge in [-0.05, 0) is 27.7 Å². The van der Waals surface area contributed by atoms with Gasteiger partial charge in [-0.25, -0.2) is 4.98 Å². The first-order valence-electron chi connectivity index (χ1n) is 4.80. The van der Waals surface area contributed by atoms with Crippen molar-refractivity contribution in [2.45, 2.75) is 33.2 Å². The minimum absolute atomic E-state index is 0.358. The van der Waals surface area contributed by atoms with Gasteiger partial charge in [-0.2, -0.15) is 0 Å². The molecule has 0 aromatic carbocycles. The van der Waals surface area contributed by atoms with Crippen molar-refractivity contribution in [3.05, 3.63) is 15.6 Å². The van der Waals surface area contributed by atoms with E-state index in [-0.39, 0.29) is 5.91 Å². The molecule has 0 fully saturated rings. The van der Waals surface area contributed by atoms with E-state index in [0.717, 1.165) is 9.88 Å². The highest BCUT2D eigenvalue weighted by Gasteiger charge is 2.28. The third kappa shape index (κ3) is 2.57. The van der Waals surface area contributed by atoms with Crippen molar-refractivity contribution in [2.75, 3.05) is 0 Å². The highest BCUT2D eigenvalue weighted by atomic mass is 32.1. The Kier molecular flexibility index (Phi) is 3.32. The standard InChI is InChI=1S/C10H15N3O2S/c1-5-7(12-6(2)16-5)8(14)13-10(3,4)9(11)15/h1-4H3,(H2,11,15)(H,13,14). The molecule has 1 heterocycles. The summed E-state index contributed by atoms with van der Waals surface area (Å²) in [7, 11) is 0. The number of carbonyl (C=O) groups is 2. The Bertz CT molecular complexity index is 437. The average Bonchev–Trinajstić information content (AvgIpc) is 2.44. The SMILES string of the molecule is Cc1nc(C(=O)NC(C)(C)C(N)=O)c(C)s1. The second kappa shape index (κ2) is 4.21. The Hall–Kier alpha value is -1.43. The Balaban J connectivity index is 2.89. The lowest BCUT2D eigenvalue weighted by Gasteiger charge is -2.21. The molecule has 16 heavy (non-hydrogen) atoms. The van der Waals surface area contributed by atoms with E-state index in [2.05, 4.69) is 10.3 Å². The second-order valence-corrected chi connectivity index (χ2v) is 5.49. The van der Waals surface area contributed by atoms with E-state index < -0.39 is 11.4 Å². The van der Waals surface area contributed by atoms with E-state index in [1.54, 1.807) is 13.8 Å². The maximum atomic E-state index is 11.8. The molecule has 0 aliphatic carbocycles. The lowest BCUT2D eigenvalue weighted by molar-refractivity contribution is -0.122. The first-order valence-corrected chi connectivity index (χ1v) is 5.62. The van der Waals surface area contributed by atoms with Gasteiger partial charge in [0.15, 0.2) is 0 Å². The predicted molar refractivity (Wildman–Crippen MR) is 62.3 cm³/mol. The summed E-state index contributed by atoms with van der Waals surface area (Å²) in [5.74, 6) is -0.948. The Morgan fingerprint density at radius 1 is 1.38 bits per heavy atom. The summed E-state index contributed by atoms with van der Waals surface area (Å²) in [6.07, 6.45) is 0. The number of thiazole rings is 1. The summed E-state index contributed by atoms with van der Waals surface area (Å²) in [6, 6.07) is 0. The summed E-state index contributed by atoms with van der Waals surface area (Å²) in [6.45, 7) is 6.76. The summed E-state index contributed by atoms with van der Waals surface area (Å²) in [5, 5.41) is 3.38. The van der Waals surface area contributed by atoms with Crippen molar-refractivity contribution in [1.82, 2.24) is 10.3 Å². The molecule has 1 aromatic rings. The van der Waals surface area contributed by atoms with Crippen LogP contribution in [0.15, 0.2) is 0 Å². The molecule has 6 heteroatoms. The number of primary amides is 1. The zero-order chi connectivity index (χ0) is 12.5. The summed E-state index contributed by atoms with van der Waals surface area (Å²) in [5.41, 5.74) is 4.46. The Morgan fingerprint density at radius 2 is 1.94 bits per heavy atom. The fourth-order valence-corrected chi connectivity index (χ4v) is 1.96. The number of nitrogens with one attached hydrogen (secondary N) is 1. The molecular formula is C10H15N3O2S. The first-order chi connectivity index (χ1) is 7.24. The van der Waals surface area contributed by atoms with Crippen LogP contribution in [0.5, 0.6) is 0 Å². The molecule has 3 N–H and O–H groups in total. The smallest absolute Gasteiger partial charge is 0.271 e. The molecule has 0 spiro atoms. The third-order valence-corrected chi connectivity index (χ3v) is 3.05. The van der Waals surface area contributed by atoms with Crippen LogP contribution < -0.4 is 11.1 Å². The second-order valence-electron chi connectivity index (χ2n) is 4.08. The average molecular weight is 241 g/mol. The van der Waals surface area contributed by atoms with Crippen molar-refractivity contribution < 1.29 is 9.59 Å². The molecule has 2 amide bonds. The molecule has 0 aliphatic heterocycles. The van der Waals surface area contributed by atoms with Crippen LogP contribution >= 0.6 is 11.3 Å². The van der Waals surface area contributed by atoms with Crippen LogP contribution in [-0.4, -0.2) is 22.3 Å². The van der Waals surface area contributed by atoms with Crippen LogP contribution in [0, 0.1) is 13.8 Å². The molecule has 0 unspecified atom stereocenters. The van der Waals surface area contributed by atoms with Gasteiger partial charge < -0.3 is 11.1 Å². The van der Waals surface area contributed by atoms with E-state index in [4.69, 9.17) is 5.73 Å². The van der Waals surface area contributed by atoms with Gasteiger partial charge >= 0.3 is 0 Å². The molecular weight excluding hydrogens is 226 g/mol. The summed E-state index contributed by atoms with van der Waals surface area (Å²) < 4.78 is 0. The van der Waals surface area contributed by atoms with Crippen molar-refractivity contribution in [3.8, 4) is 0 Å². The first kappa shape index (κ1) is 12.6. The van der Waals surface area contributed by atoms with Gasteiger partial charge in [-0.1, -0.05) is 0 Å². The predicted octanol–water partition coefficient (Wildman–Crippen LogP) is 0.754. The van der Waals surface area contributed by atoms with Gasteiger partial charge in [-0.15, -0.1) is 11.3 Å². The van der Waals surface area contributed by atoms with Gasteiger partial charge in [-0.3, -0.25) is 9.59 Å². The zero-order valence-electron chi connectivity index (χ0n) is 9.75. The third-order valence-electron chi connectivity index (χ3n) is 2.16. The lowest BCUT2D eigenvalue weighted by atomic mass is 10.1. The molecule has 0 radical (unpaired) electrons. The largest absolute Gasteiger partial charge is 0.368 e. The highest BCUT2D eigenvalue weighted by Crippen LogP contribution is 2.17. The van der Waals surface area contributed by atoms with Gasteiger partial charge in [0.2, 0.25) is 5.91 Å². The Morgan fingerprint density at radius 3 is 2.31 bits per heavy atom. The lowest BCUT2D eigenvalue weighted by Crippen LogP contribution is -2.53. The maximum absolute atomic E-state index is 11.8. The number of amides is 2. The van der Waals surface area contributed by atoms with Crippen LogP contribution in [-0.2, 0) is 4.79 Å². The number of hydrogen-bond donors (Lipinski definition) is 2. The van der Waals surface area contributed by atoms with Gasteiger partial charge in [0, 0.05) is 4.88 Å². The molecule has 0 saturated heterocycles. The monoisotopic (exact) mass is 241 g/mol. The van der Waals surface area contributed by atoms with Gasteiger partial charge in [0.05, 0.1) is 5.01 Å². The summed E-state index contributed by atoms with van der Waals surface area (Å²) in [4.78, 5) is 27.8. The van der Waals surface area contributed by atoms with Crippen molar-refractivity contribution in [1.29, 1.82) is 0 Å². The molecule has 1 rings (SSSR count). The van der Waals surface area contributed by atoms with E-state index in [9.17, 15) is 9.59 Å². The maximum Gasteiger partial charge on any atom is 0.271 e. The number of aromatic nitrogens is 1. The topological polar surface area (TPSA) is 85.1 Å². The van der Waals surface area contributed by atoms with Gasteiger partial charge in [0.1, 0.15) is 11.2 Å². The number of carbonyl (C=O) groups excluding carboxylic acids is 2. The quantitative estimate of drug-likeness (QED) is 0.819. The van der Waals surface area contributed by atoms with E-state index in [1.807, 2.05) is 13.8 Å². The number of nitrogens with two attached hydrogens (primary N) is 1. The van der Waals surface area contributed by atoms with E-state index >= 15 is 0 Å².